The maximum atomic E-state index is 12.3. The summed E-state index contributed by atoms with van der Waals surface area (Å²) in [6.45, 7) is 5.79. The first-order valence-electron chi connectivity index (χ1n) is 8.35. The van der Waals surface area contributed by atoms with E-state index in [4.69, 9.17) is 5.73 Å². The van der Waals surface area contributed by atoms with Crippen LogP contribution < -0.4 is 16.6 Å². The molecule has 0 bridgehead atoms. The summed E-state index contributed by atoms with van der Waals surface area (Å²) in [5, 5.41) is 9.83. The van der Waals surface area contributed by atoms with Crippen LogP contribution in [0.2, 0.25) is 0 Å². The second kappa shape index (κ2) is 10.4. The molecule has 10 nitrogen and oxygen atoms in total. The summed E-state index contributed by atoms with van der Waals surface area (Å²) in [5.74, 6) is -0.185. The Balaban J connectivity index is 2.70. The van der Waals surface area contributed by atoms with E-state index in [2.05, 4.69) is 32.7 Å². The number of unbranched alkanes of at least 4 members (excludes halogenated alkanes) is 2. The van der Waals surface area contributed by atoms with E-state index in [0.29, 0.717) is 17.3 Å². The minimum Gasteiger partial charge on any atom is -0.368 e. The minimum absolute atomic E-state index is 0.0532. The number of rotatable bonds is 11. The van der Waals surface area contributed by atoms with Crippen molar-refractivity contribution in [3.63, 3.8) is 0 Å². The van der Waals surface area contributed by atoms with Crippen molar-refractivity contribution < 1.29 is 14.8 Å². The number of carbonyl (C=O) groups excluding carboxylic acids is 2. The van der Waals surface area contributed by atoms with Crippen LogP contribution in [-0.4, -0.2) is 44.1 Å². The number of nitrogens with zero attached hydrogens (tertiary/aromatic N) is 4. The van der Waals surface area contributed by atoms with E-state index in [-0.39, 0.29) is 36.7 Å². The molecule has 0 aromatic carbocycles. The van der Waals surface area contributed by atoms with Gasteiger partial charge in [-0.25, -0.2) is 5.06 Å². The fourth-order valence-electron chi connectivity index (χ4n) is 2.16. The molecule has 1 aromatic heterocycles. The summed E-state index contributed by atoms with van der Waals surface area (Å²) >= 11 is 0. The van der Waals surface area contributed by atoms with Crippen LogP contribution in [0.5, 0.6) is 0 Å². The third-order valence-corrected chi connectivity index (χ3v) is 3.54. The fourth-order valence-corrected chi connectivity index (χ4v) is 2.16. The van der Waals surface area contributed by atoms with Crippen molar-refractivity contribution in [2.45, 2.75) is 52.4 Å². The van der Waals surface area contributed by atoms with Gasteiger partial charge in [0.1, 0.15) is 5.82 Å². The Hall–Kier alpha value is -2.49. The number of hydroxylamine groups is 2. The maximum absolute atomic E-state index is 12.3. The van der Waals surface area contributed by atoms with Crippen molar-refractivity contribution in [2.24, 2.45) is 5.92 Å². The largest absolute Gasteiger partial charge is 0.368 e. The molecular formula is C15H27N7O3. The molecular weight excluding hydrogens is 326 g/mol. The molecule has 2 amide bonds. The molecule has 5 N–H and O–H groups in total. The number of hydrazine groups is 1. The lowest BCUT2D eigenvalue weighted by atomic mass is 10.0. The zero-order valence-electron chi connectivity index (χ0n) is 14.9. The Morgan fingerprint density at radius 1 is 1.32 bits per heavy atom. The molecule has 0 aliphatic rings. The third kappa shape index (κ3) is 7.29. The first kappa shape index (κ1) is 20.6. The van der Waals surface area contributed by atoms with Gasteiger partial charge in [-0.15, -0.1) is 0 Å². The highest BCUT2D eigenvalue weighted by atomic mass is 16.5. The van der Waals surface area contributed by atoms with Crippen molar-refractivity contribution >= 4 is 24.2 Å². The summed E-state index contributed by atoms with van der Waals surface area (Å²) < 4.78 is 0. The first-order valence-corrected chi connectivity index (χ1v) is 8.35. The van der Waals surface area contributed by atoms with E-state index in [1.807, 2.05) is 13.8 Å². The Bertz CT molecular complexity index is 568. The summed E-state index contributed by atoms with van der Waals surface area (Å²) in [5.41, 5.74) is 10.7. The Morgan fingerprint density at radius 2 is 2.04 bits per heavy atom. The molecule has 0 fully saturated rings. The van der Waals surface area contributed by atoms with Crippen molar-refractivity contribution in [1.29, 1.82) is 0 Å². The number of hydrogen-bond donors (Lipinski definition) is 4. The molecule has 0 radical (unpaired) electrons. The Morgan fingerprint density at radius 3 is 2.64 bits per heavy atom. The van der Waals surface area contributed by atoms with Crippen LogP contribution in [0.3, 0.4) is 0 Å². The molecule has 140 valence electrons. The van der Waals surface area contributed by atoms with E-state index >= 15 is 0 Å². The average Bonchev–Trinajstić information content (AvgIpc) is 2.58. The molecule has 25 heavy (non-hydrogen) atoms. The molecule has 0 unspecified atom stereocenters. The minimum atomic E-state index is -0.557. The molecule has 0 aliphatic carbocycles. The van der Waals surface area contributed by atoms with E-state index in [0.717, 1.165) is 19.3 Å². The Labute approximate surface area is 147 Å². The molecule has 1 atom stereocenters. The van der Waals surface area contributed by atoms with Gasteiger partial charge in [0.2, 0.25) is 24.2 Å². The van der Waals surface area contributed by atoms with E-state index < -0.39 is 5.92 Å². The quantitative estimate of drug-likeness (QED) is 0.200. The van der Waals surface area contributed by atoms with Gasteiger partial charge in [-0.1, -0.05) is 40.0 Å². The molecule has 1 aromatic rings. The van der Waals surface area contributed by atoms with Crippen molar-refractivity contribution in [1.82, 2.24) is 25.4 Å². The van der Waals surface area contributed by atoms with Crippen LogP contribution >= 0.6 is 0 Å². The van der Waals surface area contributed by atoms with Crippen molar-refractivity contribution in [2.75, 3.05) is 17.7 Å². The highest BCUT2D eigenvalue weighted by molar-refractivity contribution is 5.80. The van der Waals surface area contributed by atoms with Crippen LogP contribution in [0.15, 0.2) is 0 Å². The number of nitrogen functional groups attached to an aromatic ring is 1. The monoisotopic (exact) mass is 353 g/mol. The van der Waals surface area contributed by atoms with Crippen molar-refractivity contribution in [3.05, 3.63) is 5.82 Å². The van der Waals surface area contributed by atoms with Crippen LogP contribution in [0.4, 0.5) is 11.9 Å². The lowest BCUT2D eigenvalue weighted by Crippen LogP contribution is -2.40. The molecule has 1 rings (SSSR count). The highest BCUT2D eigenvalue weighted by Gasteiger charge is 2.21. The van der Waals surface area contributed by atoms with Crippen LogP contribution in [0.1, 0.15) is 58.2 Å². The van der Waals surface area contributed by atoms with Gasteiger partial charge in [-0.2, -0.15) is 15.0 Å². The number of amides is 2. The zero-order valence-corrected chi connectivity index (χ0v) is 14.9. The summed E-state index contributed by atoms with van der Waals surface area (Å²) in [6.07, 6.45) is 3.60. The predicted octanol–water partition coefficient (Wildman–Crippen LogP) is 1.06. The summed E-state index contributed by atoms with van der Waals surface area (Å²) in [6, 6.07) is 0. The standard InChI is InChI=1S/C15H27N7O3/c1-4-5-6-7-11(8-22(25)9-23)13(24)20-21-15-18-12(10(2)3)17-14(16)19-15/h9-11,25H,4-8H2,1-3H3,(H,20,24)(H3,16,17,18,19,21)/t11-/m0/s1. The van der Waals surface area contributed by atoms with Gasteiger partial charge in [0.05, 0.1) is 12.5 Å². The normalized spacial score (nSPS) is 11.9. The number of hydrogen-bond acceptors (Lipinski definition) is 8. The smallest absolute Gasteiger partial charge is 0.246 e. The SMILES string of the molecule is CCCCC[C@@H](CN(O)C=O)C(=O)NNc1nc(N)nc(C(C)C)n1. The van der Waals surface area contributed by atoms with Crippen LogP contribution in [0, 0.1) is 5.92 Å². The Kier molecular flexibility index (Phi) is 8.54. The molecule has 0 aliphatic heterocycles. The van der Waals surface area contributed by atoms with Gasteiger partial charge in [0, 0.05) is 5.92 Å². The number of nitrogens with two attached hydrogens (primary N) is 1. The first-order chi connectivity index (χ1) is 11.9. The van der Waals surface area contributed by atoms with Gasteiger partial charge in [-0.3, -0.25) is 25.6 Å². The van der Waals surface area contributed by atoms with Gasteiger partial charge < -0.3 is 5.73 Å². The lowest BCUT2D eigenvalue weighted by molar-refractivity contribution is -0.154. The van der Waals surface area contributed by atoms with Gasteiger partial charge in [0.15, 0.2) is 0 Å². The summed E-state index contributed by atoms with van der Waals surface area (Å²) in [7, 11) is 0. The van der Waals surface area contributed by atoms with Gasteiger partial charge in [0.25, 0.3) is 0 Å². The maximum Gasteiger partial charge on any atom is 0.246 e. The zero-order chi connectivity index (χ0) is 18.8. The molecule has 0 saturated heterocycles. The van der Waals surface area contributed by atoms with E-state index in [9.17, 15) is 14.8 Å². The number of anilines is 2. The second-order valence-corrected chi connectivity index (χ2v) is 6.06. The van der Waals surface area contributed by atoms with E-state index in [1.54, 1.807) is 0 Å². The molecule has 1 heterocycles. The van der Waals surface area contributed by atoms with Crippen LogP contribution in [-0.2, 0) is 9.59 Å². The number of carbonyl (C=O) groups is 2. The predicted molar refractivity (Wildman–Crippen MR) is 92.3 cm³/mol. The third-order valence-electron chi connectivity index (χ3n) is 3.54. The van der Waals surface area contributed by atoms with Crippen LogP contribution in [0.25, 0.3) is 0 Å². The second-order valence-electron chi connectivity index (χ2n) is 6.06. The number of aromatic nitrogens is 3. The highest BCUT2D eigenvalue weighted by Crippen LogP contribution is 2.13. The van der Waals surface area contributed by atoms with Gasteiger partial charge in [-0.05, 0) is 6.42 Å². The van der Waals surface area contributed by atoms with Crippen molar-refractivity contribution in [3.8, 4) is 0 Å². The molecule has 0 saturated carbocycles. The fraction of sp³-hybridized carbons (Fsp3) is 0.667. The molecule has 0 spiro atoms. The van der Waals surface area contributed by atoms with E-state index in [1.165, 1.54) is 0 Å². The topological polar surface area (TPSA) is 146 Å². The lowest BCUT2D eigenvalue weighted by Gasteiger charge is -2.19. The summed E-state index contributed by atoms with van der Waals surface area (Å²) in [4.78, 5) is 35.0. The average molecular weight is 353 g/mol. The number of nitrogens with one attached hydrogen (secondary N) is 2. The molecule has 10 heteroatoms. The van der Waals surface area contributed by atoms with Gasteiger partial charge >= 0.3 is 0 Å².